The fraction of sp³-hybridized carbons (Fsp3) is 0.214. The van der Waals surface area contributed by atoms with Gasteiger partial charge in [0, 0.05) is 24.2 Å². The molecule has 2 heterocycles. The standard InChI is InChI=1S/C28H25N3O4S/c1-35-22-14-8-19(9-15-22)17-31-27(34)23-5-2-3-6-24(23)29-28(31)36-18-25(32)20-10-12-21(13-11-20)30-16-4-7-26(30)33/h2-3,5-6,8-15H,4,7,16-18H2,1H3. The molecule has 5 rings (SSSR count). The molecule has 1 amide bonds. The molecule has 0 saturated carbocycles. The van der Waals surface area contributed by atoms with E-state index in [0.717, 1.165) is 23.4 Å². The van der Waals surface area contributed by atoms with E-state index in [1.165, 1.54) is 11.8 Å². The van der Waals surface area contributed by atoms with Crippen molar-refractivity contribution in [2.75, 3.05) is 24.3 Å². The number of hydrogen-bond donors (Lipinski definition) is 0. The second-order valence-electron chi connectivity index (χ2n) is 8.56. The van der Waals surface area contributed by atoms with Gasteiger partial charge in [0.2, 0.25) is 5.91 Å². The number of nitrogens with zero attached hydrogens (tertiary/aromatic N) is 3. The van der Waals surface area contributed by atoms with Crippen molar-refractivity contribution in [3.05, 3.63) is 94.3 Å². The number of hydrogen-bond acceptors (Lipinski definition) is 6. The van der Waals surface area contributed by atoms with Gasteiger partial charge < -0.3 is 9.64 Å². The summed E-state index contributed by atoms with van der Waals surface area (Å²) in [6.07, 6.45) is 1.42. The minimum atomic E-state index is -0.147. The summed E-state index contributed by atoms with van der Waals surface area (Å²) in [5.74, 6) is 0.914. The maximum absolute atomic E-state index is 13.3. The Balaban J connectivity index is 1.38. The summed E-state index contributed by atoms with van der Waals surface area (Å²) < 4.78 is 6.85. The molecule has 0 spiro atoms. The number of aromatic nitrogens is 2. The molecular formula is C28H25N3O4S. The van der Waals surface area contributed by atoms with Crippen molar-refractivity contribution in [1.29, 1.82) is 0 Å². The molecule has 4 aromatic rings. The van der Waals surface area contributed by atoms with Crippen molar-refractivity contribution in [3.8, 4) is 5.75 Å². The summed E-state index contributed by atoms with van der Waals surface area (Å²) in [6, 6.07) is 21.9. The summed E-state index contributed by atoms with van der Waals surface area (Å²) in [6.45, 7) is 1.04. The van der Waals surface area contributed by atoms with Gasteiger partial charge in [0.25, 0.3) is 5.56 Å². The minimum absolute atomic E-state index is 0.0716. The summed E-state index contributed by atoms with van der Waals surface area (Å²) in [5, 5.41) is 1.02. The summed E-state index contributed by atoms with van der Waals surface area (Å²) >= 11 is 1.25. The number of amides is 1. The number of fused-ring (bicyclic) bond motifs is 1. The average molecular weight is 500 g/mol. The van der Waals surface area contributed by atoms with Crippen LogP contribution in [0.15, 0.2) is 82.7 Å². The molecule has 1 aliphatic heterocycles. The van der Waals surface area contributed by atoms with Gasteiger partial charge in [0.1, 0.15) is 5.75 Å². The molecule has 0 aliphatic carbocycles. The molecule has 36 heavy (non-hydrogen) atoms. The van der Waals surface area contributed by atoms with Gasteiger partial charge in [-0.2, -0.15) is 0 Å². The third-order valence-corrected chi connectivity index (χ3v) is 7.21. The fourth-order valence-corrected chi connectivity index (χ4v) is 5.17. The second kappa shape index (κ2) is 10.4. The zero-order chi connectivity index (χ0) is 25.1. The number of para-hydroxylation sites is 1. The molecule has 1 saturated heterocycles. The number of rotatable bonds is 8. The van der Waals surface area contributed by atoms with Gasteiger partial charge >= 0.3 is 0 Å². The predicted molar refractivity (Wildman–Crippen MR) is 141 cm³/mol. The highest BCUT2D eigenvalue weighted by molar-refractivity contribution is 7.99. The minimum Gasteiger partial charge on any atom is -0.497 e. The molecule has 3 aromatic carbocycles. The first kappa shape index (κ1) is 23.8. The molecule has 0 unspecified atom stereocenters. The van der Waals surface area contributed by atoms with Crippen LogP contribution in [0.1, 0.15) is 28.8 Å². The van der Waals surface area contributed by atoms with Crippen molar-refractivity contribution >= 4 is 40.0 Å². The maximum atomic E-state index is 13.3. The van der Waals surface area contributed by atoms with Gasteiger partial charge in [-0.15, -0.1) is 0 Å². The van der Waals surface area contributed by atoms with E-state index < -0.39 is 0 Å². The van der Waals surface area contributed by atoms with Gasteiger partial charge in [-0.1, -0.05) is 36.0 Å². The monoisotopic (exact) mass is 499 g/mol. The van der Waals surface area contributed by atoms with E-state index in [-0.39, 0.29) is 23.0 Å². The van der Waals surface area contributed by atoms with Crippen molar-refractivity contribution in [2.24, 2.45) is 0 Å². The number of thioether (sulfide) groups is 1. The number of anilines is 1. The molecule has 0 atom stereocenters. The van der Waals surface area contributed by atoms with Crippen LogP contribution in [-0.2, 0) is 11.3 Å². The van der Waals surface area contributed by atoms with E-state index >= 15 is 0 Å². The lowest BCUT2D eigenvalue weighted by atomic mass is 10.1. The quantitative estimate of drug-likeness (QED) is 0.201. The Morgan fingerprint density at radius 1 is 1.00 bits per heavy atom. The Labute approximate surface area is 212 Å². The maximum Gasteiger partial charge on any atom is 0.262 e. The van der Waals surface area contributed by atoms with Crippen molar-refractivity contribution in [3.63, 3.8) is 0 Å². The number of methoxy groups -OCH3 is 1. The van der Waals surface area contributed by atoms with Crippen LogP contribution in [0, 0.1) is 0 Å². The Morgan fingerprint density at radius 3 is 2.44 bits per heavy atom. The molecule has 1 aliphatic rings. The van der Waals surface area contributed by atoms with E-state index in [1.54, 1.807) is 40.8 Å². The van der Waals surface area contributed by atoms with Crippen LogP contribution in [-0.4, -0.2) is 40.6 Å². The van der Waals surface area contributed by atoms with Crippen LogP contribution in [0.25, 0.3) is 10.9 Å². The van der Waals surface area contributed by atoms with Gasteiger partial charge in [-0.3, -0.25) is 19.0 Å². The summed E-state index contributed by atoms with van der Waals surface area (Å²) in [4.78, 5) is 44.8. The second-order valence-corrected chi connectivity index (χ2v) is 9.50. The van der Waals surface area contributed by atoms with Crippen molar-refractivity contribution in [2.45, 2.75) is 24.5 Å². The fourth-order valence-electron chi connectivity index (χ4n) is 4.27. The molecule has 182 valence electrons. The average Bonchev–Trinajstić information content (AvgIpc) is 3.35. The Morgan fingerprint density at radius 2 is 1.75 bits per heavy atom. The van der Waals surface area contributed by atoms with Crippen LogP contribution in [0.2, 0.25) is 0 Å². The van der Waals surface area contributed by atoms with Gasteiger partial charge in [0.05, 0.1) is 30.3 Å². The Kier molecular flexibility index (Phi) is 6.86. The first-order chi connectivity index (χ1) is 17.5. The van der Waals surface area contributed by atoms with Crippen molar-refractivity contribution < 1.29 is 14.3 Å². The van der Waals surface area contributed by atoms with E-state index in [1.807, 2.05) is 48.5 Å². The van der Waals surface area contributed by atoms with Gasteiger partial charge in [-0.25, -0.2) is 4.98 Å². The summed E-state index contributed by atoms with van der Waals surface area (Å²) in [5.41, 5.74) is 2.75. The first-order valence-electron chi connectivity index (χ1n) is 11.7. The summed E-state index contributed by atoms with van der Waals surface area (Å²) in [7, 11) is 1.61. The number of ether oxygens (including phenoxy) is 1. The smallest absolute Gasteiger partial charge is 0.262 e. The lowest BCUT2D eigenvalue weighted by Crippen LogP contribution is -2.24. The van der Waals surface area contributed by atoms with Gasteiger partial charge in [-0.05, 0) is 60.5 Å². The molecule has 0 N–H and O–H groups in total. The van der Waals surface area contributed by atoms with Gasteiger partial charge in [0.15, 0.2) is 10.9 Å². The van der Waals surface area contributed by atoms with E-state index in [2.05, 4.69) is 0 Å². The van der Waals surface area contributed by atoms with Crippen molar-refractivity contribution in [1.82, 2.24) is 9.55 Å². The third kappa shape index (κ3) is 4.90. The zero-order valence-electron chi connectivity index (χ0n) is 19.8. The highest BCUT2D eigenvalue weighted by Crippen LogP contribution is 2.24. The molecule has 7 nitrogen and oxygen atoms in total. The topological polar surface area (TPSA) is 81.5 Å². The molecule has 0 radical (unpaired) electrons. The lowest BCUT2D eigenvalue weighted by Gasteiger charge is -2.16. The molecule has 8 heteroatoms. The normalized spacial score (nSPS) is 13.4. The van der Waals surface area contributed by atoms with Crippen LogP contribution < -0.4 is 15.2 Å². The first-order valence-corrected chi connectivity index (χ1v) is 12.7. The number of benzene rings is 3. The molecule has 1 aromatic heterocycles. The molecule has 1 fully saturated rings. The van der Waals surface area contributed by atoms with E-state index in [0.29, 0.717) is 41.1 Å². The van der Waals surface area contributed by atoms with Crippen LogP contribution in [0.5, 0.6) is 5.75 Å². The number of carbonyl (C=O) groups excluding carboxylic acids is 2. The number of ketones is 1. The number of Topliss-reactive ketones (excluding diaryl/α,β-unsaturated/α-hetero) is 1. The highest BCUT2D eigenvalue weighted by Gasteiger charge is 2.22. The Bertz CT molecular complexity index is 1480. The zero-order valence-corrected chi connectivity index (χ0v) is 20.7. The van der Waals surface area contributed by atoms with E-state index in [9.17, 15) is 14.4 Å². The molecular weight excluding hydrogens is 474 g/mol. The SMILES string of the molecule is COc1ccc(Cn2c(SCC(=O)c3ccc(N4CCCC4=O)cc3)nc3ccccc3c2=O)cc1. The molecule has 0 bridgehead atoms. The number of carbonyl (C=O) groups is 2. The Hall–Kier alpha value is -3.91. The largest absolute Gasteiger partial charge is 0.497 e. The highest BCUT2D eigenvalue weighted by atomic mass is 32.2. The van der Waals surface area contributed by atoms with Crippen LogP contribution in [0.3, 0.4) is 0 Å². The van der Waals surface area contributed by atoms with Crippen LogP contribution in [0.4, 0.5) is 5.69 Å². The van der Waals surface area contributed by atoms with E-state index in [4.69, 9.17) is 9.72 Å². The van der Waals surface area contributed by atoms with Crippen LogP contribution >= 0.6 is 11.8 Å². The predicted octanol–water partition coefficient (Wildman–Crippen LogP) is 4.56. The lowest BCUT2D eigenvalue weighted by molar-refractivity contribution is -0.117. The third-order valence-electron chi connectivity index (χ3n) is 6.23.